The van der Waals surface area contributed by atoms with Crippen molar-refractivity contribution in [2.45, 2.75) is 45.9 Å². The molecule has 4 aromatic rings. The number of benzene rings is 4. The lowest BCUT2D eigenvalue weighted by molar-refractivity contribution is 0.103. The van der Waals surface area contributed by atoms with E-state index in [2.05, 4.69) is 12.1 Å². The summed E-state index contributed by atoms with van der Waals surface area (Å²) in [4.78, 5) is 12.5. The van der Waals surface area contributed by atoms with E-state index in [0.717, 1.165) is 50.8 Å². The maximum atomic E-state index is 13.0. The Labute approximate surface area is 230 Å². The molecule has 7 heteroatoms. The molecule has 0 atom stereocenters. The summed E-state index contributed by atoms with van der Waals surface area (Å²) in [6, 6.07) is 19.2. The Balaban J connectivity index is 1.65. The molecule has 0 bridgehead atoms. The average molecular weight is 545 g/mol. The zero-order valence-corrected chi connectivity index (χ0v) is 23.8. The van der Waals surface area contributed by atoms with Crippen LogP contribution in [0.15, 0.2) is 71.6 Å². The van der Waals surface area contributed by atoms with Crippen LogP contribution in [0, 0.1) is 34.6 Å². The van der Waals surface area contributed by atoms with E-state index in [9.17, 15) is 17.8 Å². The summed E-state index contributed by atoms with van der Waals surface area (Å²) in [7, 11) is -3.00. The molecule has 39 heavy (non-hydrogen) atoms. The van der Waals surface area contributed by atoms with Crippen LogP contribution in [0.1, 0.15) is 54.9 Å². The van der Waals surface area contributed by atoms with Crippen molar-refractivity contribution in [3.8, 4) is 17.2 Å². The molecule has 4 aromatic carbocycles. The fourth-order valence-electron chi connectivity index (χ4n) is 4.92. The van der Waals surface area contributed by atoms with E-state index in [1.54, 1.807) is 31.4 Å². The van der Waals surface area contributed by atoms with Crippen molar-refractivity contribution >= 4 is 15.9 Å². The van der Waals surface area contributed by atoms with Crippen molar-refractivity contribution in [3.63, 3.8) is 0 Å². The molecule has 0 aliphatic rings. The van der Waals surface area contributed by atoms with Gasteiger partial charge < -0.3 is 9.47 Å². The van der Waals surface area contributed by atoms with E-state index in [4.69, 9.17) is 9.47 Å². The quantitative estimate of drug-likeness (QED) is 0.188. The molecule has 202 valence electrons. The summed E-state index contributed by atoms with van der Waals surface area (Å²) in [5, 5.41) is 0. The average Bonchev–Trinajstić information content (AvgIpc) is 2.85. The van der Waals surface area contributed by atoms with Gasteiger partial charge in [-0.05, 0) is 92.6 Å². The van der Waals surface area contributed by atoms with E-state index in [0.29, 0.717) is 17.7 Å². The van der Waals surface area contributed by atoms with Crippen molar-refractivity contribution < 1.29 is 27.2 Å². The molecule has 0 unspecified atom stereocenters. The van der Waals surface area contributed by atoms with Gasteiger partial charge in [0.15, 0.2) is 5.78 Å². The van der Waals surface area contributed by atoms with Crippen LogP contribution in [0.3, 0.4) is 0 Å². The summed E-state index contributed by atoms with van der Waals surface area (Å²) in [6.07, 6.45) is 0.708. The van der Waals surface area contributed by atoms with Gasteiger partial charge in [0.2, 0.25) is 0 Å². The number of ketones is 1. The first-order valence-corrected chi connectivity index (χ1v) is 14.0. The maximum absolute atomic E-state index is 13.0. The van der Waals surface area contributed by atoms with Crippen molar-refractivity contribution in [2.24, 2.45) is 0 Å². The minimum atomic E-state index is -4.67. The topological polar surface area (TPSA) is 89.9 Å². The van der Waals surface area contributed by atoms with E-state index in [1.165, 1.54) is 12.1 Å². The van der Waals surface area contributed by atoms with Gasteiger partial charge in [-0.25, -0.2) is 0 Å². The Morgan fingerprint density at radius 1 is 0.718 bits per heavy atom. The van der Waals surface area contributed by atoms with E-state index >= 15 is 0 Å². The molecule has 0 saturated heterocycles. The molecule has 0 aromatic heterocycles. The van der Waals surface area contributed by atoms with Gasteiger partial charge in [0.05, 0.1) is 7.11 Å². The van der Waals surface area contributed by atoms with Crippen LogP contribution in [0.5, 0.6) is 17.2 Å². The van der Waals surface area contributed by atoms with Crippen LogP contribution in [-0.4, -0.2) is 25.9 Å². The largest absolute Gasteiger partial charge is 0.496 e. The first-order chi connectivity index (χ1) is 18.4. The molecule has 0 radical (unpaired) electrons. The number of methoxy groups -OCH3 is 1. The smallest absolute Gasteiger partial charge is 0.298 e. The lowest BCUT2D eigenvalue weighted by atomic mass is 9.97. The normalized spacial score (nSPS) is 11.4. The Bertz CT molecular complexity index is 1620. The van der Waals surface area contributed by atoms with Gasteiger partial charge >= 0.3 is 0 Å². The fourth-order valence-corrected chi connectivity index (χ4v) is 5.56. The molecule has 4 rings (SSSR count). The molecule has 0 aliphatic carbocycles. The summed E-state index contributed by atoms with van der Waals surface area (Å²) >= 11 is 0. The summed E-state index contributed by atoms with van der Waals surface area (Å²) in [5.41, 5.74) is 7.55. The van der Waals surface area contributed by atoms with Crippen LogP contribution in [0.25, 0.3) is 0 Å². The van der Waals surface area contributed by atoms with Gasteiger partial charge in [-0.2, -0.15) is 8.42 Å². The molecular formula is C32H32O6S. The van der Waals surface area contributed by atoms with Crippen molar-refractivity contribution in [1.82, 2.24) is 0 Å². The number of hydrogen-bond donors (Lipinski definition) is 1. The Morgan fingerprint density at radius 2 is 1.21 bits per heavy atom. The second-order valence-electron chi connectivity index (χ2n) is 9.93. The number of hydrogen-bond acceptors (Lipinski definition) is 5. The SMILES string of the molecule is COc1c(C)cc(Cc2cc(C)c(Oc3ccc(C(=O)c4ccc(C)cc4)cc3S(=O)(=O)O)c(C)c2)cc1C. The molecule has 0 amide bonds. The highest BCUT2D eigenvalue weighted by atomic mass is 32.2. The van der Waals surface area contributed by atoms with Crippen LogP contribution in [0.2, 0.25) is 0 Å². The predicted molar refractivity (Wildman–Crippen MR) is 152 cm³/mol. The molecule has 0 heterocycles. The third-order valence-corrected chi connectivity index (χ3v) is 7.54. The third kappa shape index (κ3) is 6.21. The lowest BCUT2D eigenvalue weighted by Crippen LogP contribution is -2.07. The minimum Gasteiger partial charge on any atom is -0.496 e. The van der Waals surface area contributed by atoms with E-state index < -0.39 is 15.0 Å². The number of carbonyl (C=O) groups is 1. The molecule has 0 spiro atoms. The number of ether oxygens (including phenoxy) is 2. The highest BCUT2D eigenvalue weighted by Crippen LogP contribution is 2.35. The Morgan fingerprint density at radius 3 is 1.69 bits per heavy atom. The summed E-state index contributed by atoms with van der Waals surface area (Å²) in [5.74, 6) is 0.963. The first kappa shape index (κ1) is 28.1. The molecule has 0 aliphatic heterocycles. The Hall–Kier alpha value is -3.94. The van der Waals surface area contributed by atoms with Gasteiger partial charge in [0, 0.05) is 11.1 Å². The molecule has 1 N–H and O–H groups in total. The van der Waals surface area contributed by atoms with Crippen LogP contribution in [-0.2, 0) is 16.5 Å². The standard InChI is InChI=1S/C32H32O6S/c1-19-7-9-26(10-8-19)30(33)27-11-12-28(29(18-27)39(34,35)36)38-32-22(4)15-25(16-23(32)5)17-24-13-20(2)31(37-6)21(3)14-24/h7-16,18H,17H2,1-6H3,(H,34,35,36). The van der Waals surface area contributed by atoms with Gasteiger partial charge in [-0.3, -0.25) is 9.35 Å². The second-order valence-corrected chi connectivity index (χ2v) is 11.3. The summed E-state index contributed by atoms with van der Waals surface area (Å²) in [6.45, 7) is 9.73. The molecule has 0 fully saturated rings. The van der Waals surface area contributed by atoms with Crippen molar-refractivity contribution in [1.29, 1.82) is 0 Å². The molecular weight excluding hydrogens is 512 g/mol. The van der Waals surface area contributed by atoms with Gasteiger partial charge in [0.1, 0.15) is 22.1 Å². The van der Waals surface area contributed by atoms with E-state index in [-0.39, 0.29) is 17.1 Å². The second kappa shape index (κ2) is 11.0. The highest BCUT2D eigenvalue weighted by Gasteiger charge is 2.22. The first-order valence-electron chi connectivity index (χ1n) is 12.5. The zero-order chi connectivity index (χ0) is 28.5. The fraction of sp³-hybridized carbons (Fsp3) is 0.219. The Kier molecular flexibility index (Phi) is 7.95. The van der Waals surface area contributed by atoms with Crippen LogP contribution in [0.4, 0.5) is 0 Å². The van der Waals surface area contributed by atoms with Crippen molar-refractivity contribution in [3.05, 3.63) is 117 Å². The number of rotatable bonds is 8. The van der Waals surface area contributed by atoms with E-state index in [1.807, 2.05) is 46.8 Å². The molecule has 6 nitrogen and oxygen atoms in total. The molecule has 0 saturated carbocycles. The highest BCUT2D eigenvalue weighted by molar-refractivity contribution is 7.86. The van der Waals surface area contributed by atoms with Gasteiger partial charge in [0.25, 0.3) is 10.1 Å². The zero-order valence-electron chi connectivity index (χ0n) is 23.0. The maximum Gasteiger partial charge on any atom is 0.298 e. The van der Waals surface area contributed by atoms with Gasteiger partial charge in [-0.15, -0.1) is 0 Å². The predicted octanol–water partition coefficient (Wildman–Crippen LogP) is 7.10. The van der Waals surface area contributed by atoms with Crippen molar-refractivity contribution in [2.75, 3.05) is 7.11 Å². The number of carbonyl (C=O) groups excluding carboxylic acids is 1. The lowest BCUT2D eigenvalue weighted by Gasteiger charge is -2.17. The third-order valence-electron chi connectivity index (χ3n) is 6.66. The van der Waals surface area contributed by atoms with Crippen LogP contribution < -0.4 is 9.47 Å². The summed E-state index contributed by atoms with van der Waals surface area (Å²) < 4.78 is 46.1. The minimum absolute atomic E-state index is 0.0571. The monoisotopic (exact) mass is 544 g/mol. The number of aryl methyl sites for hydroxylation is 5. The van der Waals surface area contributed by atoms with Gasteiger partial charge in [-0.1, -0.05) is 54.1 Å². The van der Waals surface area contributed by atoms with Crippen LogP contribution >= 0.6 is 0 Å².